The van der Waals surface area contributed by atoms with E-state index in [0.717, 1.165) is 18.5 Å². The second-order valence-corrected chi connectivity index (χ2v) is 4.59. The molecule has 2 heterocycles. The number of nitrogens with one attached hydrogen (secondary N) is 1. The fourth-order valence-electron chi connectivity index (χ4n) is 2.37. The molecule has 0 aromatic heterocycles. The number of anilines is 1. The van der Waals surface area contributed by atoms with E-state index in [1.807, 2.05) is 0 Å². The van der Waals surface area contributed by atoms with E-state index in [4.69, 9.17) is 4.74 Å². The van der Waals surface area contributed by atoms with Crippen molar-refractivity contribution in [3.8, 4) is 6.07 Å². The highest BCUT2D eigenvalue weighted by molar-refractivity contribution is 5.56. The summed E-state index contributed by atoms with van der Waals surface area (Å²) >= 11 is 0. The van der Waals surface area contributed by atoms with Crippen molar-refractivity contribution in [3.63, 3.8) is 0 Å². The summed E-state index contributed by atoms with van der Waals surface area (Å²) in [7, 11) is 0. The smallest absolute Gasteiger partial charge is 0.129 e. The lowest BCUT2D eigenvalue weighted by atomic mass is 9.79. The largest absolute Gasteiger partial charge is 0.385 e. The molecule has 1 aromatic rings. The number of nitrogens with zero attached hydrogens (tertiary/aromatic N) is 1. The van der Waals surface area contributed by atoms with Crippen LogP contribution in [0.4, 0.5) is 5.69 Å². The van der Waals surface area contributed by atoms with E-state index in [2.05, 4.69) is 29.6 Å². The molecule has 1 saturated heterocycles. The normalized spacial score (nSPS) is 21.2. The highest BCUT2D eigenvalue weighted by atomic mass is 16.5. The lowest BCUT2D eigenvalue weighted by Gasteiger charge is -2.36. The summed E-state index contributed by atoms with van der Waals surface area (Å²) in [5.74, 6) is 0. The second kappa shape index (κ2) is 3.50. The maximum atomic E-state index is 9.25. The van der Waals surface area contributed by atoms with Crippen molar-refractivity contribution < 1.29 is 4.74 Å². The molecule has 0 atom stereocenters. The van der Waals surface area contributed by atoms with Gasteiger partial charge in [0.15, 0.2) is 0 Å². The van der Waals surface area contributed by atoms with Gasteiger partial charge in [-0.15, -0.1) is 0 Å². The van der Waals surface area contributed by atoms with Crippen LogP contribution < -0.4 is 5.32 Å². The molecule has 82 valence electrons. The van der Waals surface area contributed by atoms with Crippen LogP contribution in [0.5, 0.6) is 0 Å². The number of hydrogen-bond acceptors (Lipinski definition) is 3. The Morgan fingerprint density at radius 1 is 1.38 bits per heavy atom. The Labute approximate surface area is 95.0 Å². The number of benzene rings is 1. The first-order chi connectivity index (χ1) is 7.84. The summed E-state index contributed by atoms with van der Waals surface area (Å²) in [5.41, 5.74) is 3.30. The fourth-order valence-corrected chi connectivity index (χ4v) is 2.37. The van der Waals surface area contributed by atoms with Gasteiger partial charge in [-0.05, 0) is 30.0 Å². The fraction of sp³-hybridized carbons (Fsp3) is 0.462. The maximum absolute atomic E-state index is 9.25. The summed E-state index contributed by atoms with van der Waals surface area (Å²) in [4.78, 5) is 0. The maximum Gasteiger partial charge on any atom is 0.129 e. The standard InChI is InChI=1S/C13H14N2O/c14-7-13(8-16-9-13)11-3-4-12-10(6-11)2-1-5-15-12/h3-4,6,15H,1-2,5,8-9H2. The van der Waals surface area contributed by atoms with Gasteiger partial charge >= 0.3 is 0 Å². The molecule has 1 aromatic carbocycles. The van der Waals surface area contributed by atoms with Gasteiger partial charge < -0.3 is 10.1 Å². The molecule has 3 heteroatoms. The minimum absolute atomic E-state index is 0.382. The molecule has 0 amide bonds. The Hall–Kier alpha value is -1.53. The molecule has 0 aliphatic carbocycles. The number of rotatable bonds is 1. The van der Waals surface area contributed by atoms with E-state index in [9.17, 15) is 5.26 Å². The third-order valence-electron chi connectivity index (χ3n) is 3.51. The highest BCUT2D eigenvalue weighted by Gasteiger charge is 2.41. The van der Waals surface area contributed by atoms with E-state index in [1.165, 1.54) is 17.7 Å². The molecule has 0 radical (unpaired) electrons. The lowest BCUT2D eigenvalue weighted by Crippen LogP contribution is -2.45. The zero-order valence-electron chi connectivity index (χ0n) is 9.12. The van der Waals surface area contributed by atoms with Crippen LogP contribution in [0.3, 0.4) is 0 Å². The Morgan fingerprint density at radius 2 is 2.25 bits per heavy atom. The van der Waals surface area contributed by atoms with Crippen molar-refractivity contribution in [2.75, 3.05) is 25.1 Å². The molecule has 0 unspecified atom stereocenters. The third-order valence-corrected chi connectivity index (χ3v) is 3.51. The van der Waals surface area contributed by atoms with Crippen molar-refractivity contribution in [3.05, 3.63) is 29.3 Å². The zero-order valence-corrected chi connectivity index (χ0v) is 9.12. The summed E-state index contributed by atoms with van der Waals surface area (Å²) in [6, 6.07) is 8.72. The lowest BCUT2D eigenvalue weighted by molar-refractivity contribution is -0.0298. The first kappa shape index (κ1) is 9.68. The molecule has 1 fully saturated rings. The number of aryl methyl sites for hydroxylation is 1. The molecule has 16 heavy (non-hydrogen) atoms. The van der Waals surface area contributed by atoms with Crippen molar-refractivity contribution in [1.29, 1.82) is 5.26 Å². The van der Waals surface area contributed by atoms with Gasteiger partial charge in [0.1, 0.15) is 5.41 Å². The van der Waals surface area contributed by atoms with Crippen molar-refractivity contribution in [2.45, 2.75) is 18.3 Å². The topological polar surface area (TPSA) is 45.0 Å². The molecule has 3 nitrogen and oxygen atoms in total. The van der Waals surface area contributed by atoms with Crippen LogP contribution in [0.2, 0.25) is 0 Å². The summed E-state index contributed by atoms with van der Waals surface area (Å²) in [5, 5.41) is 12.6. The number of ether oxygens (including phenoxy) is 1. The monoisotopic (exact) mass is 214 g/mol. The predicted molar refractivity (Wildman–Crippen MR) is 61.4 cm³/mol. The summed E-state index contributed by atoms with van der Waals surface area (Å²) in [6.07, 6.45) is 2.28. The van der Waals surface area contributed by atoms with Gasteiger partial charge in [0.2, 0.25) is 0 Å². The average molecular weight is 214 g/mol. The van der Waals surface area contributed by atoms with E-state index in [-0.39, 0.29) is 5.41 Å². The Balaban J connectivity index is 2.00. The number of nitriles is 1. The first-order valence-corrected chi connectivity index (χ1v) is 5.70. The Kier molecular flexibility index (Phi) is 2.12. The van der Waals surface area contributed by atoms with E-state index in [1.54, 1.807) is 0 Å². The molecule has 0 spiro atoms. The van der Waals surface area contributed by atoms with E-state index >= 15 is 0 Å². The zero-order chi connectivity index (χ0) is 11.0. The van der Waals surface area contributed by atoms with Crippen LogP contribution in [0.15, 0.2) is 18.2 Å². The molecule has 0 bridgehead atoms. The van der Waals surface area contributed by atoms with Gasteiger partial charge in [0, 0.05) is 12.2 Å². The van der Waals surface area contributed by atoms with Gasteiger partial charge in [-0.2, -0.15) is 5.26 Å². The molecule has 2 aliphatic heterocycles. The van der Waals surface area contributed by atoms with Crippen LogP contribution >= 0.6 is 0 Å². The third kappa shape index (κ3) is 1.30. The first-order valence-electron chi connectivity index (χ1n) is 5.70. The van der Waals surface area contributed by atoms with Crippen molar-refractivity contribution >= 4 is 5.69 Å². The second-order valence-electron chi connectivity index (χ2n) is 4.59. The van der Waals surface area contributed by atoms with Crippen molar-refractivity contribution in [1.82, 2.24) is 0 Å². The van der Waals surface area contributed by atoms with Gasteiger partial charge in [-0.3, -0.25) is 0 Å². The molecular formula is C13H14N2O. The van der Waals surface area contributed by atoms with Gasteiger partial charge in [0.05, 0.1) is 19.3 Å². The molecule has 3 rings (SSSR count). The van der Waals surface area contributed by atoms with Gasteiger partial charge in [-0.1, -0.05) is 12.1 Å². The van der Waals surface area contributed by atoms with Crippen LogP contribution in [-0.2, 0) is 16.6 Å². The van der Waals surface area contributed by atoms with E-state index < -0.39 is 0 Å². The summed E-state index contributed by atoms with van der Waals surface area (Å²) < 4.78 is 5.19. The Bertz CT molecular complexity index is 457. The minimum atomic E-state index is -0.382. The molecule has 2 aliphatic rings. The highest BCUT2D eigenvalue weighted by Crippen LogP contribution is 2.34. The quantitative estimate of drug-likeness (QED) is 0.775. The van der Waals surface area contributed by atoms with Crippen LogP contribution in [-0.4, -0.2) is 19.8 Å². The van der Waals surface area contributed by atoms with Crippen molar-refractivity contribution in [2.24, 2.45) is 0 Å². The van der Waals surface area contributed by atoms with Gasteiger partial charge in [-0.25, -0.2) is 0 Å². The average Bonchev–Trinajstić information content (AvgIpc) is 2.28. The number of hydrogen-bond donors (Lipinski definition) is 1. The SMILES string of the molecule is N#CC1(c2ccc3c(c2)CCCN3)COC1. The molecule has 1 N–H and O–H groups in total. The van der Waals surface area contributed by atoms with Gasteiger partial charge in [0.25, 0.3) is 0 Å². The minimum Gasteiger partial charge on any atom is -0.385 e. The predicted octanol–water partition coefficient (Wildman–Crippen LogP) is 1.84. The molecular weight excluding hydrogens is 200 g/mol. The molecule has 0 saturated carbocycles. The van der Waals surface area contributed by atoms with E-state index in [0.29, 0.717) is 13.2 Å². The van der Waals surface area contributed by atoms with Crippen LogP contribution in [0.25, 0.3) is 0 Å². The van der Waals surface area contributed by atoms with Crippen LogP contribution in [0.1, 0.15) is 17.5 Å². The number of fused-ring (bicyclic) bond motifs is 1. The van der Waals surface area contributed by atoms with Crippen LogP contribution in [0, 0.1) is 11.3 Å². The Morgan fingerprint density at radius 3 is 2.94 bits per heavy atom. The summed E-state index contributed by atoms with van der Waals surface area (Å²) in [6.45, 7) is 2.13.